The molecule has 0 spiro atoms. The van der Waals surface area contributed by atoms with Crippen LogP contribution in [0.1, 0.15) is 60.7 Å². The number of hydrogen-bond acceptors (Lipinski definition) is 4. The standard InChI is InChI=1S/C22H26N2O4S/c1-3-7-18-23-17(4-2)19(20(25)26)24(18)14-15-8-10-16(11-9-15)29-22(21(27)28)12-5-6-13-22/h5-6,8-11H,3-4,7,12-14H2,1-2H3,(H,25,26)(H,27,28). The number of aromatic carboxylic acids is 1. The van der Waals surface area contributed by atoms with Gasteiger partial charge in [-0.25, -0.2) is 9.78 Å². The van der Waals surface area contributed by atoms with Crippen LogP contribution in [-0.2, 0) is 24.2 Å². The summed E-state index contributed by atoms with van der Waals surface area (Å²) < 4.78 is 0.971. The molecular weight excluding hydrogens is 388 g/mol. The second-order valence-corrected chi connectivity index (χ2v) is 8.70. The van der Waals surface area contributed by atoms with Gasteiger partial charge in [-0.2, -0.15) is 0 Å². The van der Waals surface area contributed by atoms with Crippen molar-refractivity contribution in [3.05, 3.63) is 59.2 Å². The molecule has 1 aliphatic rings. The fraction of sp³-hybridized carbons (Fsp3) is 0.409. The van der Waals surface area contributed by atoms with Gasteiger partial charge in [0.2, 0.25) is 0 Å². The number of benzene rings is 1. The largest absolute Gasteiger partial charge is 0.480 e. The van der Waals surface area contributed by atoms with Crippen LogP contribution in [0, 0.1) is 0 Å². The molecule has 0 aliphatic heterocycles. The summed E-state index contributed by atoms with van der Waals surface area (Å²) in [7, 11) is 0. The molecule has 0 amide bonds. The summed E-state index contributed by atoms with van der Waals surface area (Å²) in [5.74, 6) is -0.958. The topological polar surface area (TPSA) is 92.4 Å². The number of carboxylic acids is 2. The summed E-state index contributed by atoms with van der Waals surface area (Å²) in [5, 5.41) is 19.3. The van der Waals surface area contributed by atoms with Crippen LogP contribution in [-0.4, -0.2) is 36.4 Å². The Kier molecular flexibility index (Phi) is 6.47. The third kappa shape index (κ3) is 4.40. The van der Waals surface area contributed by atoms with Crippen molar-refractivity contribution in [2.45, 2.75) is 62.1 Å². The predicted octanol–water partition coefficient (Wildman–Crippen LogP) is 4.41. The normalized spacial score (nSPS) is 15.0. The van der Waals surface area contributed by atoms with E-state index in [-0.39, 0.29) is 5.69 Å². The predicted molar refractivity (Wildman–Crippen MR) is 113 cm³/mol. The fourth-order valence-corrected chi connectivity index (χ4v) is 4.80. The lowest BCUT2D eigenvalue weighted by atomic mass is 10.1. The molecule has 2 aromatic rings. The number of hydrogen-bond donors (Lipinski definition) is 2. The number of allylic oxidation sites excluding steroid dienone is 2. The van der Waals surface area contributed by atoms with Crippen molar-refractivity contribution in [3.8, 4) is 0 Å². The molecule has 0 saturated heterocycles. The number of rotatable bonds is 9. The summed E-state index contributed by atoms with van der Waals surface area (Å²) >= 11 is 1.37. The van der Waals surface area contributed by atoms with Gasteiger partial charge in [0.1, 0.15) is 10.6 Å². The van der Waals surface area contributed by atoms with Gasteiger partial charge in [0, 0.05) is 17.9 Å². The van der Waals surface area contributed by atoms with Gasteiger partial charge in [0.25, 0.3) is 0 Å². The molecular formula is C22H26N2O4S. The Morgan fingerprint density at radius 1 is 1.14 bits per heavy atom. The van der Waals surface area contributed by atoms with Crippen LogP contribution in [0.2, 0.25) is 0 Å². The Bertz CT molecular complexity index is 923. The third-order valence-corrected chi connectivity index (χ3v) is 6.57. The Hall–Kier alpha value is -2.54. The van der Waals surface area contributed by atoms with E-state index < -0.39 is 16.7 Å². The van der Waals surface area contributed by atoms with Crippen molar-refractivity contribution < 1.29 is 19.8 Å². The number of imidazole rings is 1. The maximum atomic E-state index is 11.8. The number of aryl methyl sites for hydroxylation is 2. The lowest BCUT2D eigenvalue weighted by Gasteiger charge is -2.23. The number of aromatic nitrogens is 2. The van der Waals surface area contributed by atoms with Crippen molar-refractivity contribution in [2.24, 2.45) is 0 Å². The van der Waals surface area contributed by atoms with Gasteiger partial charge in [-0.05, 0) is 43.4 Å². The van der Waals surface area contributed by atoms with E-state index in [0.717, 1.165) is 29.1 Å². The highest BCUT2D eigenvalue weighted by molar-refractivity contribution is 8.01. The highest BCUT2D eigenvalue weighted by Crippen LogP contribution is 2.42. The van der Waals surface area contributed by atoms with Crippen LogP contribution < -0.4 is 0 Å². The Morgan fingerprint density at radius 3 is 2.31 bits per heavy atom. The van der Waals surface area contributed by atoms with E-state index in [1.54, 1.807) is 4.57 Å². The summed E-state index contributed by atoms with van der Waals surface area (Å²) in [4.78, 5) is 29.0. The number of thioether (sulfide) groups is 1. The zero-order valence-electron chi connectivity index (χ0n) is 16.7. The van der Waals surface area contributed by atoms with Crippen LogP contribution in [0.5, 0.6) is 0 Å². The quantitative estimate of drug-likeness (QED) is 0.591. The SMILES string of the molecule is CCCc1nc(CC)c(C(=O)O)n1Cc1ccc(SC2(C(=O)O)CC=CC2)cc1. The Labute approximate surface area is 174 Å². The lowest BCUT2D eigenvalue weighted by molar-refractivity contribution is -0.139. The summed E-state index contributed by atoms with van der Waals surface area (Å²) in [6, 6.07) is 7.71. The zero-order valence-corrected chi connectivity index (χ0v) is 17.5. The molecule has 0 bridgehead atoms. The first kappa shape index (κ1) is 21.2. The average molecular weight is 415 g/mol. The van der Waals surface area contributed by atoms with E-state index in [1.165, 1.54) is 11.8 Å². The van der Waals surface area contributed by atoms with E-state index in [1.807, 2.05) is 50.3 Å². The molecule has 1 heterocycles. The first-order valence-corrected chi connectivity index (χ1v) is 10.7. The van der Waals surface area contributed by atoms with Crippen molar-refractivity contribution in [1.82, 2.24) is 9.55 Å². The van der Waals surface area contributed by atoms with Gasteiger partial charge in [0.05, 0.1) is 5.69 Å². The third-order valence-electron chi connectivity index (χ3n) is 5.16. The molecule has 3 rings (SSSR count). The van der Waals surface area contributed by atoms with Crippen LogP contribution in [0.4, 0.5) is 0 Å². The van der Waals surface area contributed by atoms with Gasteiger partial charge >= 0.3 is 11.9 Å². The molecule has 0 fully saturated rings. The molecule has 29 heavy (non-hydrogen) atoms. The first-order valence-electron chi connectivity index (χ1n) is 9.88. The molecule has 1 aromatic heterocycles. The monoisotopic (exact) mass is 414 g/mol. The second kappa shape index (κ2) is 8.86. The van der Waals surface area contributed by atoms with E-state index >= 15 is 0 Å². The van der Waals surface area contributed by atoms with Crippen molar-refractivity contribution in [3.63, 3.8) is 0 Å². The molecule has 154 valence electrons. The molecule has 0 radical (unpaired) electrons. The maximum absolute atomic E-state index is 11.8. The number of carboxylic acid groups (broad SMARTS) is 2. The Balaban J connectivity index is 1.84. The van der Waals surface area contributed by atoms with Crippen LogP contribution in [0.3, 0.4) is 0 Å². The molecule has 0 unspecified atom stereocenters. The van der Waals surface area contributed by atoms with E-state index in [2.05, 4.69) is 4.98 Å². The first-order chi connectivity index (χ1) is 13.9. The molecule has 0 saturated carbocycles. The van der Waals surface area contributed by atoms with E-state index in [9.17, 15) is 19.8 Å². The van der Waals surface area contributed by atoms with Gasteiger partial charge < -0.3 is 14.8 Å². The maximum Gasteiger partial charge on any atom is 0.354 e. The minimum atomic E-state index is -0.957. The molecule has 7 heteroatoms. The van der Waals surface area contributed by atoms with E-state index in [0.29, 0.717) is 31.5 Å². The van der Waals surface area contributed by atoms with Gasteiger partial charge in [-0.15, -0.1) is 11.8 Å². The van der Waals surface area contributed by atoms with Gasteiger partial charge in [0.15, 0.2) is 5.69 Å². The molecule has 2 N–H and O–H groups in total. The Morgan fingerprint density at radius 2 is 1.79 bits per heavy atom. The van der Waals surface area contributed by atoms with Crippen LogP contribution in [0.15, 0.2) is 41.3 Å². The van der Waals surface area contributed by atoms with Gasteiger partial charge in [-0.3, -0.25) is 4.79 Å². The highest BCUT2D eigenvalue weighted by atomic mass is 32.2. The van der Waals surface area contributed by atoms with Crippen molar-refractivity contribution in [1.29, 1.82) is 0 Å². The zero-order chi connectivity index (χ0) is 21.0. The van der Waals surface area contributed by atoms with E-state index in [4.69, 9.17) is 0 Å². The van der Waals surface area contributed by atoms with Crippen LogP contribution >= 0.6 is 11.8 Å². The fourth-order valence-electron chi connectivity index (χ4n) is 3.63. The van der Waals surface area contributed by atoms with Crippen molar-refractivity contribution in [2.75, 3.05) is 0 Å². The van der Waals surface area contributed by atoms with Crippen LogP contribution in [0.25, 0.3) is 0 Å². The highest BCUT2D eigenvalue weighted by Gasteiger charge is 2.40. The van der Waals surface area contributed by atoms with Gasteiger partial charge in [-0.1, -0.05) is 38.1 Å². The minimum Gasteiger partial charge on any atom is -0.480 e. The molecule has 1 aromatic carbocycles. The molecule has 6 nitrogen and oxygen atoms in total. The average Bonchev–Trinajstić information content (AvgIpc) is 3.29. The number of aliphatic carboxylic acids is 1. The van der Waals surface area contributed by atoms with Crippen molar-refractivity contribution >= 4 is 23.7 Å². The minimum absolute atomic E-state index is 0.260. The summed E-state index contributed by atoms with van der Waals surface area (Å²) in [5.41, 5.74) is 1.84. The smallest absolute Gasteiger partial charge is 0.354 e. The lowest BCUT2D eigenvalue weighted by Crippen LogP contribution is -2.31. The second-order valence-electron chi connectivity index (χ2n) is 7.24. The summed E-state index contributed by atoms with van der Waals surface area (Å²) in [6.45, 7) is 4.39. The number of nitrogens with zero attached hydrogens (tertiary/aromatic N) is 2. The summed E-state index contributed by atoms with van der Waals surface area (Å²) in [6.07, 6.45) is 7.07. The number of carbonyl (C=O) groups is 2. The molecule has 0 atom stereocenters. The molecule has 1 aliphatic carbocycles.